The molecule has 150 valence electrons. The van der Waals surface area contributed by atoms with Crippen LogP contribution in [0.1, 0.15) is 17.3 Å². The molecule has 0 aliphatic rings. The maximum absolute atomic E-state index is 12.4. The first-order valence-electron chi connectivity index (χ1n) is 8.43. The molecule has 0 aliphatic carbocycles. The number of nitrogens with one attached hydrogen (secondary N) is 2. The van der Waals surface area contributed by atoms with Gasteiger partial charge in [0.2, 0.25) is 15.9 Å². The fourth-order valence-corrected chi connectivity index (χ4v) is 3.28. The summed E-state index contributed by atoms with van der Waals surface area (Å²) in [5, 5.41) is 5.71. The molecular formula is C19H23N3O5S. The molecule has 0 aliphatic heterocycles. The third kappa shape index (κ3) is 5.08. The molecule has 1 amide bonds. The number of hydrogen-bond acceptors (Lipinski definition) is 6. The highest BCUT2D eigenvalue weighted by molar-refractivity contribution is 7.89. The van der Waals surface area contributed by atoms with E-state index in [0.29, 0.717) is 16.9 Å². The summed E-state index contributed by atoms with van der Waals surface area (Å²) in [7, 11) is 0.602. The number of nitrogens with zero attached hydrogens (tertiary/aromatic N) is 1. The molecule has 0 fully saturated rings. The Balaban J connectivity index is 2.06. The molecule has 2 rings (SSSR count). The van der Waals surface area contributed by atoms with Crippen molar-refractivity contribution >= 4 is 33.3 Å². The van der Waals surface area contributed by atoms with Gasteiger partial charge < -0.3 is 15.4 Å². The summed E-state index contributed by atoms with van der Waals surface area (Å²) in [4.78, 5) is 24.0. The highest BCUT2D eigenvalue weighted by Gasteiger charge is 2.19. The minimum Gasteiger partial charge on any atom is -0.465 e. The Morgan fingerprint density at radius 3 is 2.25 bits per heavy atom. The topological polar surface area (TPSA) is 105 Å². The lowest BCUT2D eigenvalue weighted by atomic mass is 10.2. The van der Waals surface area contributed by atoms with Crippen LogP contribution < -0.4 is 10.6 Å². The van der Waals surface area contributed by atoms with Gasteiger partial charge in [-0.05, 0) is 49.4 Å². The highest BCUT2D eigenvalue weighted by atomic mass is 32.2. The Morgan fingerprint density at radius 2 is 1.68 bits per heavy atom. The van der Waals surface area contributed by atoms with E-state index in [0.717, 1.165) is 4.31 Å². The molecule has 2 N–H and O–H groups in total. The van der Waals surface area contributed by atoms with E-state index in [9.17, 15) is 18.0 Å². The van der Waals surface area contributed by atoms with Gasteiger partial charge in [-0.15, -0.1) is 0 Å². The molecule has 1 atom stereocenters. The number of anilines is 2. The van der Waals surface area contributed by atoms with Crippen molar-refractivity contribution < 1.29 is 22.7 Å². The van der Waals surface area contributed by atoms with Gasteiger partial charge in [0.05, 0.1) is 17.6 Å². The van der Waals surface area contributed by atoms with Gasteiger partial charge in [-0.25, -0.2) is 17.5 Å². The maximum Gasteiger partial charge on any atom is 0.337 e. The van der Waals surface area contributed by atoms with Crippen molar-refractivity contribution in [2.45, 2.75) is 17.9 Å². The normalized spacial score (nSPS) is 12.3. The Hall–Kier alpha value is -2.91. The third-order valence-electron chi connectivity index (χ3n) is 3.96. The predicted molar refractivity (Wildman–Crippen MR) is 107 cm³/mol. The standard InChI is InChI=1S/C19H23N3O5S/c1-13(20-15-10-8-14(9-11-15)19(24)27-4)18(23)21-16-6-5-7-17(12-16)28(25,26)22(2)3/h5-13,20H,1-4H3,(H,21,23)/t13-/m1/s1. The van der Waals surface area contributed by atoms with Crippen LogP contribution in [0.25, 0.3) is 0 Å². The number of rotatable bonds is 7. The Kier molecular flexibility index (Phi) is 6.76. The van der Waals surface area contributed by atoms with Crippen molar-refractivity contribution in [3.8, 4) is 0 Å². The first-order chi connectivity index (χ1) is 13.1. The molecule has 0 bridgehead atoms. The predicted octanol–water partition coefficient (Wildman–Crippen LogP) is 2.16. The van der Waals surface area contributed by atoms with Crippen LogP contribution in [0, 0.1) is 0 Å². The van der Waals surface area contributed by atoms with Gasteiger partial charge in [-0.3, -0.25) is 4.79 Å². The van der Waals surface area contributed by atoms with E-state index >= 15 is 0 Å². The number of esters is 1. The number of amides is 1. The van der Waals surface area contributed by atoms with Crippen molar-refractivity contribution in [2.75, 3.05) is 31.8 Å². The quantitative estimate of drug-likeness (QED) is 0.684. The number of carbonyl (C=O) groups excluding carboxylic acids is 2. The molecule has 0 unspecified atom stereocenters. The first-order valence-corrected chi connectivity index (χ1v) is 9.87. The van der Waals surface area contributed by atoms with Crippen LogP contribution in [0.3, 0.4) is 0 Å². The monoisotopic (exact) mass is 405 g/mol. The minimum absolute atomic E-state index is 0.0920. The second-order valence-electron chi connectivity index (χ2n) is 6.24. The zero-order chi connectivity index (χ0) is 20.9. The lowest BCUT2D eigenvalue weighted by molar-refractivity contribution is -0.116. The van der Waals surface area contributed by atoms with Crippen LogP contribution in [-0.4, -0.2) is 51.8 Å². The summed E-state index contributed by atoms with van der Waals surface area (Å²) < 4.78 is 30.2. The van der Waals surface area contributed by atoms with Gasteiger partial charge in [0.25, 0.3) is 0 Å². The van der Waals surface area contributed by atoms with Crippen molar-refractivity contribution in [2.24, 2.45) is 0 Å². The van der Waals surface area contributed by atoms with Crippen LogP contribution in [0.2, 0.25) is 0 Å². The molecule has 28 heavy (non-hydrogen) atoms. The summed E-state index contributed by atoms with van der Waals surface area (Å²) in [5.74, 6) is -0.777. The average molecular weight is 405 g/mol. The summed E-state index contributed by atoms with van der Waals surface area (Å²) in [6.45, 7) is 1.67. The van der Waals surface area contributed by atoms with E-state index in [4.69, 9.17) is 0 Å². The van der Waals surface area contributed by atoms with Gasteiger partial charge in [-0.2, -0.15) is 0 Å². The van der Waals surface area contributed by atoms with Crippen molar-refractivity contribution in [3.63, 3.8) is 0 Å². The fraction of sp³-hybridized carbons (Fsp3) is 0.263. The molecule has 0 radical (unpaired) electrons. The van der Waals surface area contributed by atoms with Gasteiger partial charge in [0.1, 0.15) is 6.04 Å². The molecule has 0 aromatic heterocycles. The van der Waals surface area contributed by atoms with E-state index in [1.165, 1.54) is 33.3 Å². The van der Waals surface area contributed by atoms with Crippen molar-refractivity contribution in [1.82, 2.24) is 4.31 Å². The number of sulfonamides is 1. The number of carbonyl (C=O) groups is 2. The van der Waals surface area contributed by atoms with Gasteiger partial charge in [0, 0.05) is 25.5 Å². The first kappa shape index (κ1) is 21.4. The molecule has 9 heteroatoms. The van der Waals surface area contributed by atoms with Crippen molar-refractivity contribution in [3.05, 3.63) is 54.1 Å². The molecule has 0 spiro atoms. The molecule has 2 aromatic rings. The number of benzene rings is 2. The molecular weight excluding hydrogens is 382 g/mol. The fourth-order valence-electron chi connectivity index (χ4n) is 2.33. The van der Waals surface area contributed by atoms with Crippen LogP contribution in [0.4, 0.5) is 11.4 Å². The maximum atomic E-state index is 12.4. The molecule has 0 saturated carbocycles. The average Bonchev–Trinajstić information content (AvgIpc) is 2.68. The van der Waals surface area contributed by atoms with Crippen LogP contribution in [0.15, 0.2) is 53.4 Å². The molecule has 0 heterocycles. The van der Waals surface area contributed by atoms with Crippen molar-refractivity contribution in [1.29, 1.82) is 0 Å². The van der Waals surface area contributed by atoms with Gasteiger partial charge in [0.15, 0.2) is 0 Å². The van der Waals surface area contributed by atoms with E-state index < -0.39 is 22.0 Å². The second kappa shape index (κ2) is 8.85. The number of hydrogen-bond donors (Lipinski definition) is 2. The number of ether oxygens (including phenoxy) is 1. The van der Waals surface area contributed by atoms with E-state index in [1.807, 2.05) is 0 Å². The Bertz CT molecular complexity index is 956. The minimum atomic E-state index is -3.59. The zero-order valence-corrected chi connectivity index (χ0v) is 16.9. The second-order valence-corrected chi connectivity index (χ2v) is 8.39. The lowest BCUT2D eigenvalue weighted by Crippen LogP contribution is -2.32. The molecule has 8 nitrogen and oxygen atoms in total. The van der Waals surface area contributed by atoms with Gasteiger partial charge in [-0.1, -0.05) is 6.07 Å². The van der Waals surface area contributed by atoms with Gasteiger partial charge >= 0.3 is 5.97 Å². The summed E-state index contributed by atoms with van der Waals surface area (Å²) >= 11 is 0. The van der Waals surface area contributed by atoms with E-state index in [2.05, 4.69) is 15.4 Å². The Labute approximate surface area is 164 Å². The van der Waals surface area contributed by atoms with Crippen LogP contribution in [-0.2, 0) is 19.6 Å². The highest BCUT2D eigenvalue weighted by Crippen LogP contribution is 2.18. The zero-order valence-electron chi connectivity index (χ0n) is 16.1. The van der Waals surface area contributed by atoms with E-state index in [-0.39, 0.29) is 10.8 Å². The lowest BCUT2D eigenvalue weighted by Gasteiger charge is -2.16. The van der Waals surface area contributed by atoms with Crippen LogP contribution in [0.5, 0.6) is 0 Å². The molecule has 2 aromatic carbocycles. The SMILES string of the molecule is COC(=O)c1ccc(N[C@H](C)C(=O)Nc2cccc(S(=O)(=O)N(C)C)c2)cc1. The van der Waals surface area contributed by atoms with Crippen LogP contribution >= 0.6 is 0 Å². The van der Waals surface area contributed by atoms with E-state index in [1.54, 1.807) is 43.3 Å². The summed E-state index contributed by atoms with van der Waals surface area (Å²) in [6, 6.07) is 12.0. The largest absolute Gasteiger partial charge is 0.465 e. The number of methoxy groups -OCH3 is 1. The third-order valence-corrected chi connectivity index (χ3v) is 5.77. The molecule has 0 saturated heterocycles. The Morgan fingerprint density at radius 1 is 1.04 bits per heavy atom. The summed E-state index contributed by atoms with van der Waals surface area (Å²) in [5.41, 5.74) is 1.44. The summed E-state index contributed by atoms with van der Waals surface area (Å²) in [6.07, 6.45) is 0. The smallest absolute Gasteiger partial charge is 0.337 e.